The van der Waals surface area contributed by atoms with Crippen LogP contribution in [-0.4, -0.2) is 20.9 Å². The average Bonchev–Trinajstić information content (AvgIpc) is 2.54. The van der Waals surface area contributed by atoms with Crippen molar-refractivity contribution in [3.8, 4) is 5.69 Å². The van der Waals surface area contributed by atoms with Crippen LogP contribution in [-0.2, 0) is 0 Å². The van der Waals surface area contributed by atoms with Gasteiger partial charge in [0.1, 0.15) is 5.56 Å². The molecule has 4 nitrogen and oxygen atoms in total. The van der Waals surface area contributed by atoms with Crippen molar-refractivity contribution in [1.82, 2.24) is 9.78 Å². The molecule has 0 amide bonds. The molecule has 1 aromatic heterocycles. The van der Waals surface area contributed by atoms with E-state index >= 15 is 0 Å². The van der Waals surface area contributed by atoms with E-state index in [0.29, 0.717) is 11.4 Å². The molecule has 0 unspecified atom stereocenters. The van der Waals surface area contributed by atoms with Crippen molar-refractivity contribution in [2.24, 2.45) is 0 Å². The Hall–Kier alpha value is -1.62. The van der Waals surface area contributed by atoms with Crippen LogP contribution < -0.4 is 0 Å². The molecule has 0 saturated carbocycles. The third-order valence-corrected chi connectivity index (χ3v) is 3.39. The van der Waals surface area contributed by atoms with E-state index in [1.807, 2.05) is 25.1 Å². The second-order valence-electron chi connectivity index (χ2n) is 4.19. The van der Waals surface area contributed by atoms with E-state index in [-0.39, 0.29) is 5.56 Å². The molecule has 1 aromatic carbocycles. The molecule has 1 N–H and O–H groups in total. The lowest BCUT2D eigenvalue weighted by Gasteiger charge is -2.08. The molecule has 0 aliphatic heterocycles. The Morgan fingerprint density at radius 3 is 2.50 bits per heavy atom. The Bertz CT molecular complexity index is 632. The lowest BCUT2D eigenvalue weighted by Crippen LogP contribution is -2.04. The smallest absolute Gasteiger partial charge is 0.339 e. The van der Waals surface area contributed by atoms with Crippen LogP contribution in [0.4, 0.5) is 0 Å². The number of carboxylic acid groups (broad SMARTS) is 1. The molecule has 18 heavy (non-hydrogen) atoms. The molecule has 0 aliphatic carbocycles. The number of aromatic carboxylic acids is 1. The molecule has 0 spiro atoms. The van der Waals surface area contributed by atoms with Crippen LogP contribution in [0.5, 0.6) is 0 Å². The van der Waals surface area contributed by atoms with Crippen molar-refractivity contribution in [1.29, 1.82) is 0 Å². The van der Waals surface area contributed by atoms with Crippen molar-refractivity contribution in [3.63, 3.8) is 0 Å². The first-order valence-corrected chi connectivity index (χ1v) is 6.27. The number of nitrogens with zero attached hydrogens (tertiary/aromatic N) is 2. The molecule has 0 bridgehead atoms. The number of halogens is 1. The lowest BCUT2D eigenvalue weighted by molar-refractivity contribution is 0.0695. The first-order valence-electron chi connectivity index (χ1n) is 5.48. The summed E-state index contributed by atoms with van der Waals surface area (Å²) < 4.78 is 2.67. The van der Waals surface area contributed by atoms with Crippen molar-refractivity contribution in [2.45, 2.75) is 20.8 Å². The lowest BCUT2D eigenvalue weighted by atomic mass is 10.2. The predicted molar refractivity (Wildman–Crippen MR) is 72.4 cm³/mol. The third kappa shape index (κ3) is 2.06. The van der Waals surface area contributed by atoms with E-state index in [4.69, 9.17) is 5.11 Å². The summed E-state index contributed by atoms with van der Waals surface area (Å²) in [5.74, 6) is -0.939. The standard InChI is InChI=1S/C13H13BrN2O2/c1-7-6-10(14)4-5-11(7)16-9(3)12(13(17)18)8(2)15-16/h4-6H,1-3H3,(H,17,18). The topological polar surface area (TPSA) is 55.1 Å². The fourth-order valence-corrected chi connectivity index (χ4v) is 2.52. The first-order chi connectivity index (χ1) is 8.41. The normalized spacial score (nSPS) is 10.7. The Labute approximate surface area is 113 Å². The molecule has 94 valence electrons. The molecule has 5 heteroatoms. The van der Waals surface area contributed by atoms with Crippen molar-refractivity contribution >= 4 is 21.9 Å². The van der Waals surface area contributed by atoms with Gasteiger partial charge in [0.25, 0.3) is 0 Å². The highest BCUT2D eigenvalue weighted by Crippen LogP contribution is 2.23. The molecule has 2 aromatic rings. The minimum Gasteiger partial charge on any atom is -0.478 e. The van der Waals surface area contributed by atoms with Gasteiger partial charge in [-0.15, -0.1) is 0 Å². The van der Waals surface area contributed by atoms with Gasteiger partial charge >= 0.3 is 5.97 Å². The van der Waals surface area contributed by atoms with Crippen LogP contribution in [0.3, 0.4) is 0 Å². The maximum absolute atomic E-state index is 11.2. The monoisotopic (exact) mass is 308 g/mol. The largest absolute Gasteiger partial charge is 0.478 e. The van der Waals surface area contributed by atoms with E-state index in [9.17, 15) is 4.79 Å². The van der Waals surface area contributed by atoms with E-state index in [1.165, 1.54) is 0 Å². The van der Waals surface area contributed by atoms with Gasteiger partial charge in [0.2, 0.25) is 0 Å². The van der Waals surface area contributed by atoms with Crippen LogP contribution >= 0.6 is 15.9 Å². The molecular formula is C13H13BrN2O2. The summed E-state index contributed by atoms with van der Waals surface area (Å²) in [5, 5.41) is 13.5. The highest BCUT2D eigenvalue weighted by Gasteiger charge is 2.19. The minimum absolute atomic E-state index is 0.275. The van der Waals surface area contributed by atoms with Crippen LogP contribution in [0.2, 0.25) is 0 Å². The molecule has 1 heterocycles. The predicted octanol–water partition coefficient (Wildman–Crippen LogP) is 3.26. The molecule has 0 atom stereocenters. The number of hydrogen-bond acceptors (Lipinski definition) is 2. The molecular weight excluding hydrogens is 296 g/mol. The molecule has 0 saturated heterocycles. The zero-order valence-corrected chi connectivity index (χ0v) is 11.9. The highest BCUT2D eigenvalue weighted by molar-refractivity contribution is 9.10. The number of aromatic nitrogens is 2. The second-order valence-corrected chi connectivity index (χ2v) is 5.11. The Morgan fingerprint density at radius 2 is 2.00 bits per heavy atom. The Morgan fingerprint density at radius 1 is 1.33 bits per heavy atom. The van der Waals surface area contributed by atoms with Gasteiger partial charge in [-0.1, -0.05) is 15.9 Å². The van der Waals surface area contributed by atoms with Gasteiger partial charge in [-0.3, -0.25) is 0 Å². The van der Waals surface area contributed by atoms with Gasteiger partial charge in [0, 0.05) is 4.47 Å². The summed E-state index contributed by atoms with van der Waals surface area (Å²) in [6.07, 6.45) is 0. The van der Waals surface area contributed by atoms with Crippen LogP contribution in [0.25, 0.3) is 5.69 Å². The quantitative estimate of drug-likeness (QED) is 0.926. The summed E-state index contributed by atoms with van der Waals surface area (Å²) in [6.45, 7) is 5.45. The fraction of sp³-hybridized carbons (Fsp3) is 0.231. The number of aryl methyl sites for hydroxylation is 2. The zero-order chi connectivity index (χ0) is 13.4. The molecule has 0 fully saturated rings. The number of carbonyl (C=O) groups is 1. The SMILES string of the molecule is Cc1cc(Br)ccc1-n1nc(C)c(C(=O)O)c1C. The van der Waals surface area contributed by atoms with Gasteiger partial charge < -0.3 is 5.11 Å². The number of carboxylic acids is 1. The summed E-state index contributed by atoms with van der Waals surface area (Å²) in [7, 11) is 0. The summed E-state index contributed by atoms with van der Waals surface area (Å²) >= 11 is 3.41. The maximum Gasteiger partial charge on any atom is 0.339 e. The molecule has 0 radical (unpaired) electrons. The van der Waals surface area contributed by atoms with E-state index in [2.05, 4.69) is 21.0 Å². The van der Waals surface area contributed by atoms with Crippen LogP contribution in [0.1, 0.15) is 27.3 Å². The van der Waals surface area contributed by atoms with Crippen molar-refractivity contribution in [3.05, 3.63) is 45.2 Å². The summed E-state index contributed by atoms with van der Waals surface area (Å²) in [5.41, 5.74) is 3.38. The van der Waals surface area contributed by atoms with Crippen LogP contribution in [0.15, 0.2) is 22.7 Å². The van der Waals surface area contributed by atoms with E-state index in [1.54, 1.807) is 18.5 Å². The highest BCUT2D eigenvalue weighted by atomic mass is 79.9. The fourth-order valence-electron chi connectivity index (χ4n) is 2.04. The first kappa shape index (κ1) is 12.8. The summed E-state index contributed by atoms with van der Waals surface area (Å²) in [6, 6.07) is 5.82. The average molecular weight is 309 g/mol. The zero-order valence-electron chi connectivity index (χ0n) is 10.4. The van der Waals surface area contributed by atoms with Gasteiger partial charge in [-0.05, 0) is 44.5 Å². The van der Waals surface area contributed by atoms with Crippen molar-refractivity contribution < 1.29 is 9.90 Å². The molecule has 0 aliphatic rings. The minimum atomic E-state index is -0.939. The second kappa shape index (κ2) is 4.57. The Balaban J connectivity index is 2.65. The van der Waals surface area contributed by atoms with E-state index < -0.39 is 5.97 Å². The number of benzene rings is 1. The molecule has 2 rings (SSSR count). The van der Waals surface area contributed by atoms with Gasteiger partial charge in [0.15, 0.2) is 0 Å². The van der Waals surface area contributed by atoms with Crippen molar-refractivity contribution in [2.75, 3.05) is 0 Å². The van der Waals surface area contributed by atoms with Gasteiger partial charge in [-0.2, -0.15) is 5.10 Å². The Kier molecular flexibility index (Phi) is 3.26. The van der Waals surface area contributed by atoms with Gasteiger partial charge in [-0.25, -0.2) is 9.48 Å². The van der Waals surface area contributed by atoms with Crippen LogP contribution in [0, 0.1) is 20.8 Å². The maximum atomic E-state index is 11.2. The third-order valence-electron chi connectivity index (χ3n) is 2.89. The summed E-state index contributed by atoms with van der Waals surface area (Å²) in [4.78, 5) is 11.2. The van der Waals surface area contributed by atoms with Gasteiger partial charge in [0.05, 0.1) is 17.1 Å². The van der Waals surface area contributed by atoms with E-state index in [0.717, 1.165) is 15.7 Å². The number of rotatable bonds is 2. The number of hydrogen-bond donors (Lipinski definition) is 1.